The summed E-state index contributed by atoms with van der Waals surface area (Å²) in [5.41, 5.74) is 2.59. The number of halogens is 1. The topological polar surface area (TPSA) is 84.0 Å². The van der Waals surface area contributed by atoms with Gasteiger partial charge in [0.2, 0.25) is 0 Å². The van der Waals surface area contributed by atoms with Crippen LogP contribution in [0.25, 0.3) is 10.9 Å². The van der Waals surface area contributed by atoms with Crippen LogP contribution in [0, 0.1) is 6.92 Å². The van der Waals surface area contributed by atoms with Crippen molar-refractivity contribution in [2.75, 3.05) is 4.72 Å². The van der Waals surface area contributed by atoms with Crippen LogP contribution < -0.4 is 10.3 Å². The third-order valence-electron chi connectivity index (χ3n) is 5.02. The zero-order valence-electron chi connectivity index (χ0n) is 16.4. The van der Waals surface area contributed by atoms with Gasteiger partial charge in [-0.05, 0) is 55.3 Å². The molecule has 154 valence electrons. The highest BCUT2D eigenvalue weighted by Gasteiger charge is 2.19. The Morgan fingerprint density at radius 2 is 1.77 bits per heavy atom. The molecule has 3 aromatic carbocycles. The van der Waals surface area contributed by atoms with Gasteiger partial charge in [0.1, 0.15) is 4.90 Å². The molecule has 8 heteroatoms. The molecule has 0 fully saturated rings. The third-order valence-corrected chi connectivity index (χ3v) is 6.89. The molecule has 0 aliphatic heterocycles. The number of nitrogens with zero attached hydrogens (tertiary/aromatic N) is 1. The van der Waals surface area contributed by atoms with E-state index in [4.69, 9.17) is 11.6 Å². The van der Waals surface area contributed by atoms with Crippen LogP contribution in [-0.4, -0.2) is 18.2 Å². The van der Waals surface area contributed by atoms with Gasteiger partial charge in [-0.15, -0.1) is 0 Å². The highest BCUT2D eigenvalue weighted by atomic mass is 35.5. The third kappa shape index (κ3) is 3.74. The minimum atomic E-state index is -3.90. The number of benzene rings is 3. The SMILES string of the molecule is Cc1ccc(S(=O)(=O)Nc2ccc3c(c2)c(=O)[nH]n3C(C)c2ccccc2)c(Cl)c1. The van der Waals surface area contributed by atoms with Crippen LogP contribution in [0.5, 0.6) is 0 Å². The largest absolute Gasteiger partial charge is 0.280 e. The fraction of sp³-hybridized carbons (Fsp3) is 0.136. The first-order chi connectivity index (χ1) is 14.3. The summed E-state index contributed by atoms with van der Waals surface area (Å²) in [6.45, 7) is 3.82. The molecule has 6 nitrogen and oxygen atoms in total. The predicted octanol–water partition coefficient (Wildman–Crippen LogP) is 4.70. The molecular formula is C22H20ClN3O3S. The maximum absolute atomic E-state index is 12.8. The van der Waals surface area contributed by atoms with Crippen LogP contribution in [0.4, 0.5) is 5.69 Å². The van der Waals surface area contributed by atoms with Crippen molar-refractivity contribution in [3.63, 3.8) is 0 Å². The van der Waals surface area contributed by atoms with Crippen LogP contribution in [0.3, 0.4) is 0 Å². The lowest BCUT2D eigenvalue weighted by atomic mass is 10.1. The second-order valence-corrected chi connectivity index (χ2v) is 9.23. The van der Waals surface area contributed by atoms with E-state index in [1.165, 1.54) is 12.1 Å². The Balaban J connectivity index is 1.71. The second kappa shape index (κ2) is 7.66. The summed E-state index contributed by atoms with van der Waals surface area (Å²) < 4.78 is 29.8. The zero-order chi connectivity index (χ0) is 21.5. The lowest BCUT2D eigenvalue weighted by Crippen LogP contribution is -2.13. The highest BCUT2D eigenvalue weighted by Crippen LogP contribution is 2.27. The van der Waals surface area contributed by atoms with Gasteiger partial charge >= 0.3 is 0 Å². The van der Waals surface area contributed by atoms with Gasteiger partial charge in [0.25, 0.3) is 15.6 Å². The lowest BCUT2D eigenvalue weighted by Gasteiger charge is -2.15. The number of anilines is 1. The van der Waals surface area contributed by atoms with Gasteiger partial charge in [-0.3, -0.25) is 19.3 Å². The van der Waals surface area contributed by atoms with Gasteiger partial charge < -0.3 is 0 Å². The molecule has 30 heavy (non-hydrogen) atoms. The first-order valence-corrected chi connectivity index (χ1v) is 11.2. The number of aromatic amines is 1. The summed E-state index contributed by atoms with van der Waals surface area (Å²) in [5.74, 6) is 0. The maximum atomic E-state index is 12.8. The number of nitrogens with one attached hydrogen (secondary N) is 2. The van der Waals surface area contributed by atoms with Crippen LogP contribution in [0.2, 0.25) is 5.02 Å². The average Bonchev–Trinajstić information content (AvgIpc) is 3.03. The van der Waals surface area contributed by atoms with Gasteiger partial charge in [0, 0.05) is 5.69 Å². The second-order valence-electron chi connectivity index (χ2n) is 7.17. The van der Waals surface area contributed by atoms with Gasteiger partial charge in [-0.1, -0.05) is 48.0 Å². The molecule has 1 aromatic heterocycles. The molecule has 0 saturated heterocycles. The van der Waals surface area contributed by atoms with Crippen molar-refractivity contribution >= 4 is 38.2 Å². The van der Waals surface area contributed by atoms with Crippen LogP contribution >= 0.6 is 11.6 Å². The molecule has 4 rings (SSSR count). The molecule has 4 aromatic rings. The maximum Gasteiger partial charge on any atom is 0.272 e. The minimum absolute atomic E-state index is 0.0148. The van der Waals surface area contributed by atoms with E-state index in [1.54, 1.807) is 28.9 Å². The van der Waals surface area contributed by atoms with E-state index < -0.39 is 10.0 Å². The first-order valence-electron chi connectivity index (χ1n) is 9.34. The Morgan fingerprint density at radius 3 is 2.47 bits per heavy atom. The van der Waals surface area contributed by atoms with Crippen LogP contribution in [0.15, 0.2) is 76.4 Å². The van der Waals surface area contributed by atoms with Crippen molar-refractivity contribution < 1.29 is 8.42 Å². The first kappa shape index (κ1) is 20.3. The molecule has 0 amide bonds. The van der Waals surface area contributed by atoms with E-state index >= 15 is 0 Å². The lowest BCUT2D eigenvalue weighted by molar-refractivity contribution is 0.579. The molecule has 0 bridgehead atoms. The smallest absolute Gasteiger partial charge is 0.272 e. The van der Waals surface area contributed by atoms with E-state index in [9.17, 15) is 13.2 Å². The molecule has 1 heterocycles. The van der Waals surface area contributed by atoms with E-state index in [0.717, 1.165) is 11.1 Å². The standard InChI is InChI=1S/C22H20ClN3O3S/c1-14-8-11-21(19(23)12-14)30(28,29)25-17-9-10-20-18(13-17)22(27)24-26(20)15(2)16-6-4-3-5-7-16/h3-13,15,25H,1-2H3,(H,24,27). The molecule has 2 N–H and O–H groups in total. The van der Waals surface area contributed by atoms with Crippen LogP contribution in [0.1, 0.15) is 24.1 Å². The highest BCUT2D eigenvalue weighted by molar-refractivity contribution is 7.92. The number of fused-ring (bicyclic) bond motifs is 1. The molecule has 1 atom stereocenters. The number of sulfonamides is 1. The Bertz CT molecular complexity index is 1390. The van der Waals surface area contributed by atoms with Crippen molar-refractivity contribution in [3.05, 3.63) is 93.2 Å². The Kier molecular flexibility index (Phi) is 5.17. The van der Waals surface area contributed by atoms with E-state index in [-0.39, 0.29) is 27.2 Å². The van der Waals surface area contributed by atoms with Gasteiger partial charge in [-0.25, -0.2) is 8.42 Å². The number of rotatable bonds is 5. The number of hydrogen-bond acceptors (Lipinski definition) is 3. The van der Waals surface area contributed by atoms with Crippen molar-refractivity contribution in [2.45, 2.75) is 24.8 Å². The number of H-pyrrole nitrogens is 1. The van der Waals surface area contributed by atoms with Gasteiger partial charge in [0.05, 0.1) is 22.0 Å². The predicted molar refractivity (Wildman–Crippen MR) is 120 cm³/mol. The Labute approximate surface area is 179 Å². The Morgan fingerprint density at radius 1 is 1.03 bits per heavy atom. The summed E-state index contributed by atoms with van der Waals surface area (Å²) >= 11 is 6.12. The summed E-state index contributed by atoms with van der Waals surface area (Å²) in [6.07, 6.45) is 0. The molecule has 1 unspecified atom stereocenters. The summed E-state index contributed by atoms with van der Waals surface area (Å²) in [4.78, 5) is 12.5. The zero-order valence-corrected chi connectivity index (χ0v) is 18.0. The van der Waals surface area contributed by atoms with Gasteiger partial charge in [-0.2, -0.15) is 0 Å². The van der Waals surface area contributed by atoms with E-state index in [2.05, 4.69) is 9.82 Å². The average molecular weight is 442 g/mol. The van der Waals surface area contributed by atoms with Crippen LogP contribution in [-0.2, 0) is 10.0 Å². The quantitative estimate of drug-likeness (QED) is 0.470. The fourth-order valence-corrected chi connectivity index (χ4v) is 5.09. The summed E-state index contributed by atoms with van der Waals surface area (Å²) in [6, 6.07) is 19.3. The molecule has 0 aliphatic carbocycles. The fourth-order valence-electron chi connectivity index (χ4n) is 3.44. The molecule has 0 spiro atoms. The van der Waals surface area contributed by atoms with Crippen molar-refractivity contribution in [2.24, 2.45) is 0 Å². The molecular weight excluding hydrogens is 422 g/mol. The monoisotopic (exact) mass is 441 g/mol. The number of aromatic nitrogens is 2. The minimum Gasteiger partial charge on any atom is -0.280 e. The summed E-state index contributed by atoms with van der Waals surface area (Å²) in [5, 5.41) is 3.39. The van der Waals surface area contributed by atoms with Gasteiger partial charge in [0.15, 0.2) is 0 Å². The molecule has 0 aliphatic rings. The summed E-state index contributed by atoms with van der Waals surface area (Å²) in [7, 11) is -3.90. The number of aryl methyl sites for hydroxylation is 1. The Hall–Kier alpha value is -3.03. The molecule has 0 saturated carbocycles. The normalized spacial score (nSPS) is 12.8. The molecule has 0 radical (unpaired) electrons. The number of hydrogen-bond donors (Lipinski definition) is 2. The van der Waals surface area contributed by atoms with Crippen molar-refractivity contribution in [1.82, 2.24) is 9.78 Å². The van der Waals surface area contributed by atoms with Crippen molar-refractivity contribution in [1.29, 1.82) is 0 Å². The van der Waals surface area contributed by atoms with E-state index in [1.807, 2.05) is 44.2 Å². The van der Waals surface area contributed by atoms with E-state index in [0.29, 0.717) is 10.9 Å². The van der Waals surface area contributed by atoms with Crippen molar-refractivity contribution in [3.8, 4) is 0 Å².